The van der Waals surface area contributed by atoms with Crippen molar-refractivity contribution in [2.24, 2.45) is 16.8 Å². The van der Waals surface area contributed by atoms with Crippen LogP contribution in [-0.4, -0.2) is 35.5 Å². The molecule has 6 heteroatoms. The zero-order valence-electron chi connectivity index (χ0n) is 15.9. The van der Waals surface area contributed by atoms with Gasteiger partial charge < -0.3 is 14.6 Å². The van der Waals surface area contributed by atoms with Crippen LogP contribution in [-0.2, 0) is 12.0 Å². The van der Waals surface area contributed by atoms with E-state index in [0.717, 1.165) is 31.4 Å². The smallest absolute Gasteiger partial charge is 0.216 e. The molecule has 138 valence electrons. The highest BCUT2D eigenvalue weighted by molar-refractivity contribution is 14.0. The Bertz CT molecular complexity index is 525. The molecule has 2 atom stereocenters. The minimum absolute atomic E-state index is 0. The van der Waals surface area contributed by atoms with Gasteiger partial charge in [0, 0.05) is 25.0 Å². The van der Waals surface area contributed by atoms with Gasteiger partial charge in [-0.1, -0.05) is 34.6 Å². The molecule has 1 aliphatic rings. The van der Waals surface area contributed by atoms with Gasteiger partial charge >= 0.3 is 0 Å². The largest absolute Gasteiger partial charge is 0.443 e. The van der Waals surface area contributed by atoms with Crippen LogP contribution in [0.2, 0.25) is 0 Å². The zero-order valence-corrected chi connectivity index (χ0v) is 18.3. The molecule has 2 heterocycles. The van der Waals surface area contributed by atoms with Crippen LogP contribution in [0.5, 0.6) is 0 Å². The van der Waals surface area contributed by atoms with Crippen molar-refractivity contribution in [3.63, 3.8) is 0 Å². The normalized spacial score (nSPS) is 22.2. The Morgan fingerprint density at radius 2 is 1.96 bits per heavy atom. The van der Waals surface area contributed by atoms with E-state index in [-0.39, 0.29) is 29.4 Å². The summed E-state index contributed by atoms with van der Waals surface area (Å²) in [5, 5.41) is 3.41. The van der Waals surface area contributed by atoms with Crippen molar-refractivity contribution in [3.8, 4) is 0 Å². The minimum atomic E-state index is -0.0167. The third kappa shape index (κ3) is 5.93. The Balaban J connectivity index is 0.00000288. The maximum absolute atomic E-state index is 5.84. The standard InChI is InChI=1S/C18H32N4O.HI/c1-7-19-17(22-11-13(2)8-14(3)12-22)21-10-16-20-9-15(23-16)18(4,5)6;/h9,13-14H,7-8,10-12H2,1-6H3,(H,19,21);1H. The van der Waals surface area contributed by atoms with Crippen molar-refractivity contribution in [1.29, 1.82) is 0 Å². The number of hydrogen-bond donors (Lipinski definition) is 1. The number of guanidine groups is 1. The quantitative estimate of drug-likeness (QED) is 0.431. The van der Waals surface area contributed by atoms with Gasteiger partial charge in [-0.2, -0.15) is 0 Å². The van der Waals surface area contributed by atoms with Crippen LogP contribution in [0.1, 0.15) is 59.6 Å². The fraction of sp³-hybridized carbons (Fsp3) is 0.778. The molecule has 1 saturated heterocycles. The first kappa shape index (κ1) is 21.3. The lowest BCUT2D eigenvalue weighted by molar-refractivity contribution is 0.208. The van der Waals surface area contributed by atoms with Crippen molar-refractivity contribution < 1.29 is 4.42 Å². The summed E-state index contributed by atoms with van der Waals surface area (Å²) >= 11 is 0. The van der Waals surface area contributed by atoms with Crippen molar-refractivity contribution in [2.45, 2.75) is 59.9 Å². The second kappa shape index (κ2) is 9.06. The van der Waals surface area contributed by atoms with Crippen LogP contribution in [0.4, 0.5) is 0 Å². The van der Waals surface area contributed by atoms with Crippen LogP contribution >= 0.6 is 24.0 Å². The predicted molar refractivity (Wildman–Crippen MR) is 110 cm³/mol. The summed E-state index contributed by atoms with van der Waals surface area (Å²) in [5.41, 5.74) is -0.0167. The number of oxazole rings is 1. The second-order valence-corrected chi connectivity index (χ2v) is 7.89. The highest BCUT2D eigenvalue weighted by Crippen LogP contribution is 2.23. The lowest BCUT2D eigenvalue weighted by Crippen LogP contribution is -2.48. The number of nitrogens with zero attached hydrogens (tertiary/aromatic N) is 3. The first-order valence-corrected chi connectivity index (χ1v) is 8.78. The number of hydrogen-bond acceptors (Lipinski definition) is 3. The van der Waals surface area contributed by atoms with Gasteiger partial charge in [0.05, 0.1) is 6.20 Å². The molecule has 0 amide bonds. The van der Waals surface area contributed by atoms with Gasteiger partial charge in [-0.3, -0.25) is 0 Å². The zero-order chi connectivity index (χ0) is 17.0. The maximum atomic E-state index is 5.84. The van der Waals surface area contributed by atoms with Crippen LogP contribution < -0.4 is 5.32 Å². The van der Waals surface area contributed by atoms with Crippen LogP contribution in [0.3, 0.4) is 0 Å². The lowest BCUT2D eigenvalue weighted by Gasteiger charge is -2.37. The monoisotopic (exact) mass is 448 g/mol. The van der Waals surface area contributed by atoms with Gasteiger partial charge in [0.2, 0.25) is 5.89 Å². The molecule has 0 radical (unpaired) electrons. The number of halogens is 1. The Morgan fingerprint density at radius 3 is 2.46 bits per heavy atom. The summed E-state index contributed by atoms with van der Waals surface area (Å²) < 4.78 is 5.84. The molecule has 0 saturated carbocycles. The maximum Gasteiger partial charge on any atom is 0.216 e. The van der Waals surface area contributed by atoms with Crippen molar-refractivity contribution in [2.75, 3.05) is 19.6 Å². The van der Waals surface area contributed by atoms with Crippen molar-refractivity contribution in [3.05, 3.63) is 17.8 Å². The highest BCUT2D eigenvalue weighted by Gasteiger charge is 2.24. The van der Waals surface area contributed by atoms with E-state index in [2.05, 4.69) is 56.7 Å². The second-order valence-electron chi connectivity index (χ2n) is 7.89. The summed E-state index contributed by atoms with van der Waals surface area (Å²) in [5.74, 6) is 3.98. The fourth-order valence-electron chi connectivity index (χ4n) is 3.13. The Morgan fingerprint density at radius 1 is 1.33 bits per heavy atom. The predicted octanol–water partition coefficient (Wildman–Crippen LogP) is 4.03. The molecule has 1 N–H and O–H groups in total. The number of rotatable bonds is 3. The third-order valence-corrected chi connectivity index (χ3v) is 4.16. The molecule has 2 unspecified atom stereocenters. The van der Waals surface area contributed by atoms with Crippen LogP contribution in [0.15, 0.2) is 15.6 Å². The molecule has 1 fully saturated rings. The Kier molecular flexibility index (Phi) is 8.02. The number of aromatic nitrogens is 1. The molecule has 1 aromatic rings. The van der Waals surface area contributed by atoms with E-state index in [0.29, 0.717) is 24.3 Å². The van der Waals surface area contributed by atoms with Crippen LogP contribution in [0, 0.1) is 11.8 Å². The molecule has 0 aliphatic carbocycles. The average Bonchev–Trinajstić information content (AvgIpc) is 2.91. The van der Waals surface area contributed by atoms with E-state index in [9.17, 15) is 0 Å². The minimum Gasteiger partial charge on any atom is -0.443 e. The topological polar surface area (TPSA) is 53.7 Å². The number of aliphatic imine (C=N–C) groups is 1. The Hall–Kier alpha value is -0.790. The number of piperidine rings is 1. The van der Waals surface area contributed by atoms with E-state index in [1.165, 1.54) is 6.42 Å². The van der Waals surface area contributed by atoms with Crippen LogP contribution in [0.25, 0.3) is 0 Å². The number of nitrogens with one attached hydrogen (secondary N) is 1. The summed E-state index contributed by atoms with van der Waals surface area (Å²) in [7, 11) is 0. The van der Waals surface area contributed by atoms with Gasteiger partial charge in [-0.25, -0.2) is 9.98 Å². The first-order chi connectivity index (χ1) is 10.8. The van der Waals surface area contributed by atoms with Crippen molar-refractivity contribution in [1.82, 2.24) is 15.2 Å². The fourth-order valence-corrected chi connectivity index (χ4v) is 3.13. The molecule has 1 aliphatic heterocycles. The molecule has 5 nitrogen and oxygen atoms in total. The molecule has 1 aromatic heterocycles. The summed E-state index contributed by atoms with van der Waals surface area (Å²) in [6, 6.07) is 0. The number of likely N-dealkylation sites (tertiary alicyclic amines) is 1. The lowest BCUT2D eigenvalue weighted by atomic mass is 9.92. The molecular formula is C18H33IN4O. The van der Waals surface area contributed by atoms with Gasteiger partial charge in [-0.05, 0) is 25.2 Å². The van der Waals surface area contributed by atoms with E-state index in [1.807, 2.05) is 6.20 Å². The molecule has 0 spiro atoms. The van der Waals surface area contributed by atoms with E-state index in [1.54, 1.807) is 0 Å². The van der Waals surface area contributed by atoms with E-state index >= 15 is 0 Å². The third-order valence-electron chi connectivity index (χ3n) is 4.16. The van der Waals surface area contributed by atoms with E-state index < -0.39 is 0 Å². The summed E-state index contributed by atoms with van der Waals surface area (Å²) in [6.45, 7) is 16.6. The first-order valence-electron chi connectivity index (χ1n) is 8.78. The van der Waals surface area contributed by atoms with Gasteiger partial charge in [0.15, 0.2) is 5.96 Å². The highest BCUT2D eigenvalue weighted by atomic mass is 127. The molecule has 2 rings (SSSR count). The van der Waals surface area contributed by atoms with Gasteiger partial charge in [-0.15, -0.1) is 24.0 Å². The molecule has 0 bridgehead atoms. The SMILES string of the molecule is CCNC(=NCc1ncc(C(C)(C)C)o1)N1CC(C)CC(C)C1.I. The summed E-state index contributed by atoms with van der Waals surface area (Å²) in [4.78, 5) is 11.5. The van der Waals surface area contributed by atoms with E-state index in [4.69, 9.17) is 9.41 Å². The van der Waals surface area contributed by atoms with Gasteiger partial charge in [0.25, 0.3) is 0 Å². The average molecular weight is 448 g/mol. The summed E-state index contributed by atoms with van der Waals surface area (Å²) in [6.07, 6.45) is 3.12. The Labute approximate surface area is 163 Å². The van der Waals surface area contributed by atoms with Gasteiger partial charge in [0.1, 0.15) is 12.3 Å². The molecule has 0 aromatic carbocycles. The molecule has 24 heavy (non-hydrogen) atoms. The van der Waals surface area contributed by atoms with Crippen molar-refractivity contribution >= 4 is 29.9 Å². The molecular weight excluding hydrogens is 415 g/mol.